The molecule has 0 bridgehead atoms. The molecule has 230 valence electrons. The van der Waals surface area contributed by atoms with Crippen LogP contribution in [0.3, 0.4) is 0 Å². The van der Waals surface area contributed by atoms with E-state index in [0.29, 0.717) is 5.56 Å². The van der Waals surface area contributed by atoms with Gasteiger partial charge in [-0.25, -0.2) is 4.79 Å². The monoisotopic (exact) mass is 594 g/mol. The lowest BCUT2D eigenvalue weighted by Crippen LogP contribution is -2.58. The standard InChI is InChI=1S/C29H38N8O6/c30-20(16-38)25(39)36-23(13-17-7-2-1-3-8-17)27(41)35-22(11-6-12-33-29(31)32)26(40)37-24(28(42)43)14-18-15-34-21-10-5-4-9-19(18)21/h1-5,7-10,15,20,22-24,34,38H,6,11-14,16,30H2,(H,35,41)(H,36,39)(H,37,40)(H,42,43)(H4,31,32,33). The van der Waals surface area contributed by atoms with Gasteiger partial charge in [-0.05, 0) is 30.0 Å². The molecule has 12 N–H and O–H groups in total. The summed E-state index contributed by atoms with van der Waals surface area (Å²) in [4.78, 5) is 58.5. The van der Waals surface area contributed by atoms with E-state index in [0.717, 1.165) is 16.5 Å². The molecule has 0 fully saturated rings. The summed E-state index contributed by atoms with van der Waals surface area (Å²) in [5, 5.41) is 27.7. The first-order chi connectivity index (χ1) is 20.6. The number of fused-ring (bicyclic) bond motifs is 1. The minimum absolute atomic E-state index is 0.00844. The summed E-state index contributed by atoms with van der Waals surface area (Å²) in [6.07, 6.45) is 2.09. The lowest BCUT2D eigenvalue weighted by Gasteiger charge is -2.25. The SMILES string of the molecule is NC(N)=NCCCC(NC(=O)C(Cc1ccccc1)NC(=O)C(N)CO)C(=O)NC(Cc1c[nH]c2ccccc12)C(=O)O. The number of aliphatic carboxylic acids is 1. The first kappa shape index (κ1) is 32.6. The normalized spacial score (nSPS) is 13.7. The van der Waals surface area contributed by atoms with Crippen LogP contribution in [0.25, 0.3) is 10.9 Å². The van der Waals surface area contributed by atoms with E-state index in [1.807, 2.05) is 24.3 Å². The van der Waals surface area contributed by atoms with Crippen molar-refractivity contribution in [3.05, 3.63) is 71.9 Å². The smallest absolute Gasteiger partial charge is 0.326 e. The van der Waals surface area contributed by atoms with Gasteiger partial charge in [-0.2, -0.15) is 0 Å². The highest BCUT2D eigenvalue weighted by Gasteiger charge is 2.30. The number of carbonyl (C=O) groups excluding carboxylic acids is 3. The summed E-state index contributed by atoms with van der Waals surface area (Å²) in [5.74, 6) is -3.58. The van der Waals surface area contributed by atoms with Crippen molar-refractivity contribution in [1.29, 1.82) is 0 Å². The third kappa shape index (κ3) is 9.83. The molecule has 0 saturated carbocycles. The number of nitrogens with one attached hydrogen (secondary N) is 4. The Labute approximate surface area is 248 Å². The first-order valence-corrected chi connectivity index (χ1v) is 13.7. The number of hydrogen-bond acceptors (Lipinski definition) is 7. The van der Waals surface area contributed by atoms with E-state index in [2.05, 4.69) is 25.9 Å². The Morgan fingerprint density at radius 3 is 2.14 bits per heavy atom. The molecule has 0 aliphatic carbocycles. The van der Waals surface area contributed by atoms with Crippen LogP contribution in [0.4, 0.5) is 0 Å². The van der Waals surface area contributed by atoms with Crippen LogP contribution in [-0.4, -0.2) is 82.2 Å². The number of guanidine groups is 1. The predicted octanol–water partition coefficient (Wildman–Crippen LogP) is -1.13. The average molecular weight is 595 g/mol. The highest BCUT2D eigenvalue weighted by atomic mass is 16.4. The number of hydrogen-bond donors (Lipinski definition) is 9. The molecule has 43 heavy (non-hydrogen) atoms. The Kier molecular flexibility index (Phi) is 12.0. The number of para-hydroxylation sites is 1. The van der Waals surface area contributed by atoms with Gasteiger partial charge in [-0.3, -0.25) is 19.4 Å². The third-order valence-electron chi connectivity index (χ3n) is 6.74. The number of carboxylic acids is 1. The Morgan fingerprint density at radius 1 is 0.837 bits per heavy atom. The van der Waals surface area contributed by atoms with E-state index in [1.165, 1.54) is 0 Å². The second-order valence-corrected chi connectivity index (χ2v) is 10.0. The Morgan fingerprint density at radius 2 is 1.47 bits per heavy atom. The van der Waals surface area contributed by atoms with Crippen molar-refractivity contribution in [1.82, 2.24) is 20.9 Å². The summed E-state index contributed by atoms with van der Waals surface area (Å²) >= 11 is 0. The maximum absolute atomic E-state index is 13.5. The fraction of sp³-hybridized carbons (Fsp3) is 0.345. The molecule has 1 heterocycles. The van der Waals surface area contributed by atoms with Crippen molar-refractivity contribution < 1.29 is 29.4 Å². The van der Waals surface area contributed by atoms with Gasteiger partial charge in [-0.15, -0.1) is 0 Å². The van der Waals surface area contributed by atoms with Crippen LogP contribution in [0.2, 0.25) is 0 Å². The first-order valence-electron chi connectivity index (χ1n) is 13.7. The second-order valence-electron chi connectivity index (χ2n) is 10.0. The van der Waals surface area contributed by atoms with Crippen LogP contribution in [-0.2, 0) is 32.0 Å². The quantitative estimate of drug-likeness (QED) is 0.0551. The van der Waals surface area contributed by atoms with E-state index in [-0.39, 0.29) is 38.2 Å². The molecule has 0 aliphatic rings. The molecule has 2 aromatic carbocycles. The molecule has 14 nitrogen and oxygen atoms in total. The van der Waals surface area contributed by atoms with Gasteiger partial charge in [0.25, 0.3) is 0 Å². The molecule has 0 saturated heterocycles. The van der Waals surface area contributed by atoms with E-state index in [1.54, 1.807) is 36.5 Å². The highest BCUT2D eigenvalue weighted by Crippen LogP contribution is 2.19. The van der Waals surface area contributed by atoms with Crippen LogP contribution in [0.15, 0.2) is 65.8 Å². The molecule has 14 heteroatoms. The second kappa shape index (κ2) is 15.9. The van der Waals surface area contributed by atoms with E-state index >= 15 is 0 Å². The molecule has 3 amide bonds. The number of rotatable bonds is 16. The number of aromatic amines is 1. The van der Waals surface area contributed by atoms with Gasteiger partial charge >= 0.3 is 5.97 Å². The summed E-state index contributed by atoms with van der Waals surface area (Å²) < 4.78 is 0. The van der Waals surface area contributed by atoms with Gasteiger partial charge < -0.3 is 48.3 Å². The number of aliphatic hydroxyl groups is 1. The van der Waals surface area contributed by atoms with Gasteiger partial charge in [0.2, 0.25) is 17.7 Å². The van der Waals surface area contributed by atoms with Crippen LogP contribution < -0.4 is 33.2 Å². The Hall–Kier alpha value is -4.95. The van der Waals surface area contributed by atoms with Crippen molar-refractivity contribution in [2.75, 3.05) is 13.2 Å². The fourth-order valence-electron chi connectivity index (χ4n) is 4.46. The summed E-state index contributed by atoms with van der Waals surface area (Å²) in [6.45, 7) is -0.469. The largest absolute Gasteiger partial charge is 0.480 e. The number of aromatic nitrogens is 1. The molecular formula is C29H38N8O6. The minimum atomic E-state index is -1.30. The fourth-order valence-corrected chi connectivity index (χ4v) is 4.46. The number of aliphatic imine (C=N–C) groups is 1. The van der Waals surface area contributed by atoms with Crippen LogP contribution in [0, 0.1) is 0 Å². The minimum Gasteiger partial charge on any atom is -0.480 e. The Balaban J connectivity index is 1.80. The van der Waals surface area contributed by atoms with Crippen LogP contribution in [0.1, 0.15) is 24.0 Å². The summed E-state index contributed by atoms with van der Waals surface area (Å²) in [7, 11) is 0. The average Bonchev–Trinajstić information content (AvgIpc) is 3.40. The van der Waals surface area contributed by atoms with Gasteiger partial charge in [-0.1, -0.05) is 48.5 Å². The number of carboxylic acid groups (broad SMARTS) is 1. The van der Waals surface area contributed by atoms with Crippen molar-refractivity contribution in [3.8, 4) is 0 Å². The zero-order chi connectivity index (χ0) is 31.4. The number of nitrogens with zero attached hydrogens (tertiary/aromatic N) is 1. The van der Waals surface area contributed by atoms with Gasteiger partial charge in [0.15, 0.2) is 5.96 Å². The zero-order valence-electron chi connectivity index (χ0n) is 23.5. The van der Waals surface area contributed by atoms with Crippen LogP contribution >= 0.6 is 0 Å². The van der Waals surface area contributed by atoms with Crippen molar-refractivity contribution in [3.63, 3.8) is 0 Å². The van der Waals surface area contributed by atoms with E-state index in [9.17, 15) is 29.4 Å². The molecule has 3 aromatic rings. The molecule has 3 rings (SSSR count). The molecular weight excluding hydrogens is 556 g/mol. The third-order valence-corrected chi connectivity index (χ3v) is 6.74. The maximum Gasteiger partial charge on any atom is 0.326 e. The number of H-pyrrole nitrogens is 1. The van der Waals surface area contributed by atoms with E-state index in [4.69, 9.17) is 17.2 Å². The number of nitrogens with two attached hydrogens (primary N) is 3. The molecule has 0 radical (unpaired) electrons. The molecule has 0 spiro atoms. The summed E-state index contributed by atoms with van der Waals surface area (Å²) in [5.41, 5.74) is 18.7. The van der Waals surface area contributed by atoms with Gasteiger partial charge in [0.1, 0.15) is 24.2 Å². The number of carbonyl (C=O) groups is 4. The van der Waals surface area contributed by atoms with Gasteiger partial charge in [0, 0.05) is 36.5 Å². The number of aliphatic hydroxyl groups excluding tert-OH is 1. The molecule has 1 aromatic heterocycles. The van der Waals surface area contributed by atoms with Crippen LogP contribution in [0.5, 0.6) is 0 Å². The Bertz CT molecular complexity index is 1420. The van der Waals surface area contributed by atoms with Crippen molar-refractivity contribution in [2.45, 2.75) is 49.9 Å². The van der Waals surface area contributed by atoms with Crippen molar-refractivity contribution >= 4 is 40.6 Å². The lowest BCUT2D eigenvalue weighted by atomic mass is 10.0. The van der Waals surface area contributed by atoms with Gasteiger partial charge in [0.05, 0.1) is 6.61 Å². The highest BCUT2D eigenvalue weighted by molar-refractivity contribution is 5.94. The lowest BCUT2D eigenvalue weighted by molar-refractivity contribution is -0.142. The summed E-state index contributed by atoms with van der Waals surface area (Å²) in [6, 6.07) is 11.3. The topological polar surface area (TPSA) is 251 Å². The maximum atomic E-state index is 13.5. The number of amides is 3. The van der Waals surface area contributed by atoms with Crippen molar-refractivity contribution in [2.24, 2.45) is 22.2 Å². The molecule has 0 aliphatic heterocycles. The molecule has 4 atom stereocenters. The zero-order valence-corrected chi connectivity index (χ0v) is 23.5. The molecule has 4 unspecified atom stereocenters. The van der Waals surface area contributed by atoms with E-state index < -0.39 is 54.5 Å². The number of benzene rings is 2. The predicted molar refractivity (Wildman–Crippen MR) is 161 cm³/mol.